The van der Waals surface area contributed by atoms with Gasteiger partial charge in [0.2, 0.25) is 0 Å². The summed E-state index contributed by atoms with van der Waals surface area (Å²) < 4.78 is 16.8. The van der Waals surface area contributed by atoms with E-state index in [2.05, 4.69) is 27.5 Å². The first-order chi connectivity index (χ1) is 26.4. The van der Waals surface area contributed by atoms with Crippen LogP contribution in [-0.4, -0.2) is 81.7 Å². The molecule has 7 atom stereocenters. The Morgan fingerprint density at radius 3 is 2.24 bits per heavy atom. The molecule has 12 heteroatoms. The first-order valence-corrected chi connectivity index (χ1v) is 19.0. The number of aromatic nitrogens is 1. The number of rotatable bonds is 23. The molecule has 0 saturated heterocycles. The zero-order chi connectivity index (χ0) is 40.2. The van der Waals surface area contributed by atoms with Crippen LogP contribution in [-0.2, 0) is 43.5 Å². The van der Waals surface area contributed by atoms with Crippen molar-refractivity contribution in [2.24, 2.45) is 11.8 Å². The van der Waals surface area contributed by atoms with Crippen LogP contribution in [0.1, 0.15) is 87.6 Å². The van der Waals surface area contributed by atoms with Crippen LogP contribution in [0.2, 0.25) is 0 Å². The second-order valence-corrected chi connectivity index (χ2v) is 14.0. The quantitative estimate of drug-likeness (QED) is 0.0480. The fourth-order valence-corrected chi connectivity index (χ4v) is 6.54. The van der Waals surface area contributed by atoms with Crippen LogP contribution >= 0.6 is 0 Å². The van der Waals surface area contributed by atoms with E-state index in [1.807, 2.05) is 42.5 Å². The van der Waals surface area contributed by atoms with Crippen molar-refractivity contribution in [2.75, 3.05) is 13.1 Å². The maximum absolute atomic E-state index is 13.1. The highest BCUT2D eigenvalue weighted by Crippen LogP contribution is 2.38. The second kappa shape index (κ2) is 24.1. The second-order valence-electron chi connectivity index (χ2n) is 14.0. The zero-order valence-corrected chi connectivity index (χ0v) is 32.2. The summed E-state index contributed by atoms with van der Waals surface area (Å²) in [6.07, 6.45) is 18.9. The number of allylic oxidation sites excluding steroid dienone is 2. The maximum atomic E-state index is 13.1. The van der Waals surface area contributed by atoms with Crippen LogP contribution in [0.5, 0.6) is 5.75 Å². The fraction of sp³-hybridized carbons (Fsp3) is 0.535. The van der Waals surface area contributed by atoms with E-state index in [9.17, 15) is 29.7 Å². The lowest BCUT2D eigenvalue weighted by atomic mass is 9.85. The van der Waals surface area contributed by atoms with E-state index < -0.39 is 48.3 Å². The van der Waals surface area contributed by atoms with Gasteiger partial charge in [0, 0.05) is 23.7 Å². The Bertz CT molecular complexity index is 1630. The number of aryl methyl sites for hydroxylation is 2. The Kier molecular flexibility index (Phi) is 19.6. The molecular weight excluding hydrogens is 702 g/mol. The zero-order valence-electron chi connectivity index (χ0n) is 32.2. The molecule has 1 aromatic carbocycles. The smallest absolute Gasteiger partial charge is 0.323 e. The summed E-state index contributed by atoms with van der Waals surface area (Å²) in [5, 5.41) is 37.6. The van der Waals surface area contributed by atoms with E-state index in [1.54, 1.807) is 20.8 Å². The van der Waals surface area contributed by atoms with E-state index in [-0.39, 0.29) is 50.3 Å². The number of hydrogen-bond acceptors (Lipinski definition) is 12. The molecule has 1 aromatic heterocycles. The Balaban J connectivity index is 1.55. The Morgan fingerprint density at radius 2 is 1.58 bits per heavy atom. The van der Waals surface area contributed by atoms with Gasteiger partial charge < -0.3 is 29.5 Å². The number of unbranched alkanes of at least 4 members (excludes halogenated alkanes) is 1. The molecule has 3 rings (SSSR count). The Hall–Kier alpha value is -4.56. The highest BCUT2D eigenvalue weighted by molar-refractivity contribution is 5.76. The van der Waals surface area contributed by atoms with Gasteiger partial charge in [-0.1, -0.05) is 54.3 Å². The molecule has 298 valence electrons. The highest BCUT2D eigenvalue weighted by atomic mass is 16.6. The number of nitrogens with one attached hydrogen (secondary N) is 2. The third-order valence-corrected chi connectivity index (χ3v) is 9.87. The summed E-state index contributed by atoms with van der Waals surface area (Å²) in [7, 11) is 0. The molecule has 1 heterocycles. The van der Waals surface area contributed by atoms with Crippen molar-refractivity contribution in [3.63, 3.8) is 0 Å². The van der Waals surface area contributed by atoms with Crippen LogP contribution in [0.4, 0.5) is 0 Å². The molecule has 2 aromatic rings. The molecule has 12 nitrogen and oxygen atoms in total. The van der Waals surface area contributed by atoms with Gasteiger partial charge >= 0.3 is 17.9 Å². The normalized spacial score (nSPS) is 19.6. The number of carbonyl (C=O) groups excluding carboxylic acids is 3. The van der Waals surface area contributed by atoms with Crippen LogP contribution in [0.15, 0.2) is 48.7 Å². The lowest BCUT2D eigenvalue weighted by molar-refractivity contribution is -0.148. The number of aliphatic hydroxyl groups is 3. The first kappa shape index (κ1) is 44.8. The largest absolute Gasteiger partial charge is 0.460 e. The van der Waals surface area contributed by atoms with Gasteiger partial charge in [0.15, 0.2) is 5.75 Å². The van der Waals surface area contributed by atoms with Gasteiger partial charge in [-0.05, 0) is 89.5 Å². The molecule has 0 spiro atoms. The number of terminal acetylenes is 2. The molecule has 55 heavy (non-hydrogen) atoms. The number of ether oxygens (including phenoxy) is 3. The predicted molar refractivity (Wildman–Crippen MR) is 208 cm³/mol. The fourth-order valence-electron chi connectivity index (χ4n) is 6.54. The van der Waals surface area contributed by atoms with Crippen LogP contribution in [0, 0.1) is 43.4 Å². The molecule has 1 aliphatic rings. The molecular formula is C43H57N3O9. The summed E-state index contributed by atoms with van der Waals surface area (Å²) >= 11 is 0. The van der Waals surface area contributed by atoms with Gasteiger partial charge in [-0.25, -0.2) is 0 Å². The summed E-state index contributed by atoms with van der Waals surface area (Å²) in [6, 6.07) is 8.65. The molecule has 1 fully saturated rings. The minimum absolute atomic E-state index is 0.0852. The molecule has 0 aliphatic heterocycles. The molecule has 0 radical (unpaired) electrons. The SMILES string of the molecule is C#CCNC(C)C(=O)OCc1cnc(C)c(OC(=O)CCC/C=C\C[C@@H]2[C@@H](CC[C@@H](O)CCc3ccccc3)[C@H](O)C[C@@H]2O)c1COC(=O)C(C)NCC#C. The van der Waals surface area contributed by atoms with Crippen molar-refractivity contribution in [3.8, 4) is 30.4 Å². The van der Waals surface area contributed by atoms with E-state index >= 15 is 0 Å². The van der Waals surface area contributed by atoms with E-state index in [0.717, 1.165) is 6.42 Å². The number of hydrogen-bond donors (Lipinski definition) is 5. The Morgan fingerprint density at radius 1 is 0.945 bits per heavy atom. The lowest BCUT2D eigenvalue weighted by Crippen LogP contribution is -2.36. The number of esters is 3. The van der Waals surface area contributed by atoms with Crippen molar-refractivity contribution >= 4 is 17.9 Å². The number of pyridine rings is 1. The average Bonchev–Trinajstić information content (AvgIpc) is 3.45. The van der Waals surface area contributed by atoms with Gasteiger partial charge in [0.05, 0.1) is 37.1 Å². The van der Waals surface area contributed by atoms with E-state index in [0.29, 0.717) is 61.8 Å². The number of benzene rings is 1. The molecule has 0 amide bonds. The van der Waals surface area contributed by atoms with Crippen LogP contribution in [0.3, 0.4) is 0 Å². The number of nitrogens with zero attached hydrogens (tertiary/aromatic N) is 1. The lowest BCUT2D eigenvalue weighted by Gasteiger charge is -2.23. The van der Waals surface area contributed by atoms with Gasteiger partial charge in [0.1, 0.15) is 25.3 Å². The Labute approximate surface area is 325 Å². The topological polar surface area (TPSA) is 177 Å². The van der Waals surface area contributed by atoms with Crippen LogP contribution in [0.25, 0.3) is 0 Å². The van der Waals surface area contributed by atoms with Crippen molar-refractivity contribution in [1.82, 2.24) is 15.6 Å². The first-order valence-electron chi connectivity index (χ1n) is 19.0. The molecule has 1 saturated carbocycles. The van der Waals surface area contributed by atoms with Gasteiger partial charge in [-0.3, -0.25) is 30.0 Å². The van der Waals surface area contributed by atoms with E-state index in [1.165, 1.54) is 11.8 Å². The van der Waals surface area contributed by atoms with Crippen molar-refractivity contribution in [1.29, 1.82) is 0 Å². The van der Waals surface area contributed by atoms with Crippen molar-refractivity contribution in [2.45, 2.75) is 122 Å². The molecule has 2 unspecified atom stereocenters. The van der Waals surface area contributed by atoms with E-state index in [4.69, 9.17) is 27.1 Å². The third kappa shape index (κ3) is 15.2. The van der Waals surface area contributed by atoms with Crippen LogP contribution < -0.4 is 15.4 Å². The maximum Gasteiger partial charge on any atom is 0.323 e. The summed E-state index contributed by atoms with van der Waals surface area (Å²) in [4.78, 5) is 42.6. The summed E-state index contributed by atoms with van der Waals surface area (Å²) in [6.45, 7) is 4.74. The monoisotopic (exact) mass is 759 g/mol. The van der Waals surface area contributed by atoms with Gasteiger partial charge in [0.25, 0.3) is 0 Å². The minimum Gasteiger partial charge on any atom is -0.460 e. The predicted octanol–water partition coefficient (Wildman–Crippen LogP) is 3.85. The van der Waals surface area contributed by atoms with Crippen molar-refractivity contribution in [3.05, 3.63) is 71.1 Å². The third-order valence-electron chi connectivity index (χ3n) is 9.87. The number of aliphatic hydroxyl groups excluding tert-OH is 3. The van der Waals surface area contributed by atoms with Gasteiger partial charge in [-0.15, -0.1) is 12.8 Å². The molecule has 5 N–H and O–H groups in total. The number of carbonyl (C=O) groups is 3. The standard InChI is InChI=1S/C43H57N3O9/c1-6-23-44-30(4)42(51)53-27-33-26-46-29(3)41(37(33)28-54-43(52)31(5)45-24-7-2)55-40(50)18-14-9-8-13-17-35-36(39(49)25-38(35)48)22-21-34(47)20-19-32-15-11-10-12-16-32/h1-2,8,10-13,15-16,26,30-31,34-36,38-39,44-45,47-49H,9,14,17-25,27-28H2,3-5H3/b13-8-/t30?,31?,34-,35+,36+,38-,39+/m0/s1. The highest BCUT2D eigenvalue weighted by Gasteiger charge is 2.40. The molecule has 0 bridgehead atoms. The van der Waals surface area contributed by atoms with Gasteiger partial charge in [-0.2, -0.15) is 0 Å². The summed E-state index contributed by atoms with van der Waals surface area (Å²) in [5.74, 6) is 3.05. The minimum atomic E-state index is -0.696. The average molecular weight is 760 g/mol. The van der Waals surface area contributed by atoms with Crippen molar-refractivity contribution < 1.29 is 43.9 Å². The molecule has 1 aliphatic carbocycles. The summed E-state index contributed by atoms with van der Waals surface area (Å²) in [5.41, 5.74) is 2.29.